The van der Waals surface area contributed by atoms with E-state index in [0.29, 0.717) is 6.04 Å². The van der Waals surface area contributed by atoms with Gasteiger partial charge in [-0.2, -0.15) is 0 Å². The molecule has 0 aliphatic carbocycles. The fourth-order valence-electron chi connectivity index (χ4n) is 3.56. The van der Waals surface area contributed by atoms with Crippen molar-refractivity contribution in [3.05, 3.63) is 10.6 Å². The van der Waals surface area contributed by atoms with Crippen LogP contribution in [0.2, 0.25) is 0 Å². The molecule has 1 aromatic heterocycles. The number of ether oxygens (including phenoxy) is 1. The van der Waals surface area contributed by atoms with Crippen molar-refractivity contribution >= 4 is 22.4 Å². The summed E-state index contributed by atoms with van der Waals surface area (Å²) in [6.45, 7) is 7.55. The molecule has 0 radical (unpaired) electrons. The molecule has 0 aromatic carbocycles. The molecular weight excluding hydrogens is 324 g/mol. The van der Waals surface area contributed by atoms with Crippen molar-refractivity contribution in [2.45, 2.75) is 38.6 Å². The number of anilines is 1. The number of aryl methyl sites for hydroxylation is 1. The van der Waals surface area contributed by atoms with E-state index >= 15 is 0 Å². The van der Waals surface area contributed by atoms with Gasteiger partial charge in [0.25, 0.3) is 5.91 Å². The van der Waals surface area contributed by atoms with Gasteiger partial charge in [-0.05, 0) is 32.6 Å². The van der Waals surface area contributed by atoms with E-state index in [9.17, 15) is 4.79 Å². The Morgan fingerprint density at radius 3 is 2.83 bits per heavy atom. The van der Waals surface area contributed by atoms with Gasteiger partial charge in [-0.1, -0.05) is 11.3 Å². The number of aromatic nitrogens is 1. The molecule has 3 heterocycles. The van der Waals surface area contributed by atoms with E-state index in [-0.39, 0.29) is 5.91 Å². The monoisotopic (exact) mass is 352 g/mol. The summed E-state index contributed by atoms with van der Waals surface area (Å²) in [5.41, 5.74) is 0.840. The van der Waals surface area contributed by atoms with Gasteiger partial charge in [-0.15, -0.1) is 0 Å². The summed E-state index contributed by atoms with van der Waals surface area (Å²) >= 11 is 1.47. The molecule has 2 saturated heterocycles. The number of thiazole rings is 1. The molecule has 6 nitrogen and oxygen atoms in total. The Hall–Kier alpha value is -1.18. The van der Waals surface area contributed by atoms with Crippen LogP contribution in [0.1, 0.15) is 41.0 Å². The lowest BCUT2D eigenvalue weighted by Gasteiger charge is -2.37. The van der Waals surface area contributed by atoms with Gasteiger partial charge in [-0.25, -0.2) is 4.98 Å². The van der Waals surface area contributed by atoms with Crippen molar-refractivity contribution in [3.63, 3.8) is 0 Å². The maximum Gasteiger partial charge on any atom is 0.266 e. The van der Waals surface area contributed by atoms with Crippen LogP contribution in [0.25, 0.3) is 0 Å². The zero-order chi connectivity index (χ0) is 16.9. The van der Waals surface area contributed by atoms with Crippen LogP contribution in [0.3, 0.4) is 0 Å². The molecular formula is C17H28N4O2S. The molecule has 1 atom stereocenters. The fourth-order valence-corrected chi connectivity index (χ4v) is 4.43. The molecule has 2 aliphatic rings. The zero-order valence-corrected chi connectivity index (χ0v) is 15.5. The number of carbonyl (C=O) groups is 1. The fraction of sp³-hybridized carbons (Fsp3) is 0.765. The summed E-state index contributed by atoms with van der Waals surface area (Å²) < 4.78 is 5.42. The Morgan fingerprint density at radius 1 is 1.33 bits per heavy atom. The second kappa shape index (κ2) is 8.27. The first-order valence-corrected chi connectivity index (χ1v) is 9.77. The number of amides is 1. The van der Waals surface area contributed by atoms with Gasteiger partial charge >= 0.3 is 0 Å². The van der Waals surface area contributed by atoms with E-state index in [4.69, 9.17) is 4.74 Å². The average molecular weight is 353 g/mol. The van der Waals surface area contributed by atoms with Gasteiger partial charge in [0.1, 0.15) is 4.88 Å². The first kappa shape index (κ1) is 17.6. The highest BCUT2D eigenvalue weighted by Gasteiger charge is 2.30. The van der Waals surface area contributed by atoms with Crippen molar-refractivity contribution < 1.29 is 9.53 Å². The van der Waals surface area contributed by atoms with Crippen LogP contribution in [0.5, 0.6) is 0 Å². The smallest absolute Gasteiger partial charge is 0.266 e. The minimum atomic E-state index is 0.165. The molecule has 24 heavy (non-hydrogen) atoms. The predicted molar refractivity (Wildman–Crippen MR) is 96.9 cm³/mol. The maximum atomic E-state index is 13.0. The number of likely N-dealkylation sites (tertiary alicyclic amines) is 1. The van der Waals surface area contributed by atoms with Crippen molar-refractivity contribution in [1.29, 1.82) is 0 Å². The first-order chi connectivity index (χ1) is 11.7. The molecule has 1 amide bonds. The van der Waals surface area contributed by atoms with Crippen molar-refractivity contribution in [2.24, 2.45) is 0 Å². The molecule has 2 fully saturated rings. The molecule has 1 N–H and O–H groups in total. The number of carbonyl (C=O) groups excluding carboxylic acids is 1. The lowest BCUT2D eigenvalue weighted by atomic mass is 9.98. The lowest BCUT2D eigenvalue weighted by molar-refractivity contribution is 0.0296. The topological polar surface area (TPSA) is 57.7 Å². The van der Waals surface area contributed by atoms with E-state index in [1.165, 1.54) is 17.8 Å². The van der Waals surface area contributed by atoms with Gasteiger partial charge in [0, 0.05) is 39.3 Å². The summed E-state index contributed by atoms with van der Waals surface area (Å²) in [4.78, 5) is 22.8. The second-order valence-electron chi connectivity index (χ2n) is 6.57. The van der Waals surface area contributed by atoms with Crippen LogP contribution in [0.15, 0.2) is 0 Å². The standard InChI is InChI=1S/C17H28N4O2S/c1-13-15(24-17(18-2)19-13)16(22)21-7-4-3-5-14(21)6-8-20-9-11-23-12-10-20/h14H,3-12H2,1-2H3,(H,18,19). The van der Waals surface area contributed by atoms with Crippen LogP contribution in [0, 0.1) is 6.92 Å². The number of piperidine rings is 1. The molecule has 3 rings (SSSR count). The second-order valence-corrected chi connectivity index (χ2v) is 7.57. The third kappa shape index (κ3) is 4.07. The average Bonchev–Trinajstić information content (AvgIpc) is 3.01. The molecule has 7 heteroatoms. The molecule has 134 valence electrons. The highest BCUT2D eigenvalue weighted by molar-refractivity contribution is 7.17. The number of hydrogen-bond donors (Lipinski definition) is 1. The van der Waals surface area contributed by atoms with Gasteiger partial charge in [0.05, 0.1) is 18.9 Å². The number of nitrogens with one attached hydrogen (secondary N) is 1. The van der Waals surface area contributed by atoms with Crippen molar-refractivity contribution in [2.75, 3.05) is 51.8 Å². The highest BCUT2D eigenvalue weighted by Crippen LogP contribution is 2.28. The number of rotatable bonds is 5. The lowest BCUT2D eigenvalue weighted by Crippen LogP contribution is -2.46. The Labute approximate surface area is 148 Å². The zero-order valence-electron chi connectivity index (χ0n) is 14.7. The normalized spacial score (nSPS) is 22.6. The van der Waals surface area contributed by atoms with Crippen molar-refractivity contribution in [1.82, 2.24) is 14.8 Å². The summed E-state index contributed by atoms with van der Waals surface area (Å²) in [5.74, 6) is 0.165. The van der Waals surface area contributed by atoms with Crippen LogP contribution in [-0.2, 0) is 4.74 Å². The third-order valence-corrected chi connectivity index (χ3v) is 6.14. The Bertz CT molecular complexity index is 557. The van der Waals surface area contributed by atoms with E-state index in [1.807, 2.05) is 14.0 Å². The molecule has 2 aliphatic heterocycles. The van der Waals surface area contributed by atoms with Gasteiger partial charge in [0.2, 0.25) is 0 Å². The summed E-state index contributed by atoms with van der Waals surface area (Å²) in [6.07, 6.45) is 4.51. The Balaban J connectivity index is 1.64. The van der Waals surface area contributed by atoms with Crippen LogP contribution < -0.4 is 5.32 Å². The van der Waals surface area contributed by atoms with E-state index in [1.54, 1.807) is 0 Å². The quantitative estimate of drug-likeness (QED) is 0.880. The number of morpholine rings is 1. The third-order valence-electron chi connectivity index (χ3n) is 4.97. The maximum absolute atomic E-state index is 13.0. The van der Waals surface area contributed by atoms with E-state index in [2.05, 4.69) is 20.1 Å². The summed E-state index contributed by atoms with van der Waals surface area (Å²) in [5, 5.41) is 3.86. The van der Waals surface area contributed by atoms with Crippen LogP contribution >= 0.6 is 11.3 Å². The number of nitrogens with zero attached hydrogens (tertiary/aromatic N) is 3. The number of hydrogen-bond acceptors (Lipinski definition) is 6. The van der Waals surface area contributed by atoms with E-state index in [0.717, 1.165) is 74.4 Å². The molecule has 0 saturated carbocycles. The van der Waals surface area contributed by atoms with Crippen molar-refractivity contribution in [3.8, 4) is 0 Å². The Morgan fingerprint density at radius 2 is 2.12 bits per heavy atom. The molecule has 1 aromatic rings. The Kier molecular flexibility index (Phi) is 6.08. The SMILES string of the molecule is CNc1nc(C)c(C(=O)N2CCCCC2CCN2CCOCC2)s1. The van der Waals surface area contributed by atoms with Gasteiger partial charge < -0.3 is 15.0 Å². The molecule has 0 bridgehead atoms. The largest absolute Gasteiger partial charge is 0.379 e. The van der Waals surface area contributed by atoms with E-state index < -0.39 is 0 Å². The van der Waals surface area contributed by atoms with Crippen LogP contribution in [0.4, 0.5) is 5.13 Å². The molecule has 1 unspecified atom stereocenters. The van der Waals surface area contributed by atoms with Crippen LogP contribution in [-0.4, -0.2) is 73.2 Å². The highest BCUT2D eigenvalue weighted by atomic mass is 32.1. The molecule has 0 spiro atoms. The first-order valence-electron chi connectivity index (χ1n) is 8.95. The van der Waals surface area contributed by atoms with Gasteiger partial charge in [-0.3, -0.25) is 9.69 Å². The minimum absolute atomic E-state index is 0.165. The minimum Gasteiger partial charge on any atom is -0.379 e. The summed E-state index contributed by atoms with van der Waals surface area (Å²) in [7, 11) is 1.85. The summed E-state index contributed by atoms with van der Waals surface area (Å²) in [6, 6.07) is 0.355. The predicted octanol–water partition coefficient (Wildman–Crippen LogP) is 2.21. The van der Waals surface area contributed by atoms with Gasteiger partial charge in [0.15, 0.2) is 5.13 Å².